The minimum absolute atomic E-state index is 0.506. The average Bonchev–Trinajstić information content (AvgIpc) is 2.49. The molecule has 3 atom stereocenters. The molecule has 2 aliphatic carbocycles. The van der Waals surface area contributed by atoms with Crippen molar-refractivity contribution in [1.82, 2.24) is 0 Å². The molecule has 0 bridgehead atoms. The quantitative estimate of drug-likeness (QED) is 0.570. The Hall–Kier alpha value is 0. The summed E-state index contributed by atoms with van der Waals surface area (Å²) >= 11 is 0. The molecular weight excluding hydrogens is 156 g/mol. The third kappa shape index (κ3) is 2.08. The van der Waals surface area contributed by atoms with Gasteiger partial charge in [0.15, 0.2) is 0 Å². The molecule has 0 N–H and O–H groups in total. The molecule has 2 radical (unpaired) electrons. The summed E-state index contributed by atoms with van der Waals surface area (Å²) in [7, 11) is 0. The lowest BCUT2D eigenvalue weighted by atomic mass is 9.79. The van der Waals surface area contributed by atoms with E-state index in [0.29, 0.717) is 5.92 Å². The number of rotatable bonds is 1. The fraction of sp³-hybridized carbons (Fsp3) is 0.923. The molecule has 0 aromatic carbocycles. The zero-order valence-corrected chi connectivity index (χ0v) is 8.84. The molecule has 0 heteroatoms. The summed E-state index contributed by atoms with van der Waals surface area (Å²) in [4.78, 5) is 0. The first-order valence-corrected chi connectivity index (χ1v) is 6.03. The van der Waals surface area contributed by atoms with Crippen molar-refractivity contribution in [3.05, 3.63) is 6.92 Å². The highest BCUT2D eigenvalue weighted by Crippen LogP contribution is 2.44. The van der Waals surface area contributed by atoms with Gasteiger partial charge in [-0.25, -0.2) is 0 Å². The molecule has 0 spiro atoms. The summed E-state index contributed by atoms with van der Waals surface area (Å²) < 4.78 is 0. The fourth-order valence-electron chi connectivity index (χ4n) is 3.32. The summed E-state index contributed by atoms with van der Waals surface area (Å²) in [6.07, 6.45) is 10.1. The molecule has 0 nitrogen and oxygen atoms in total. The largest absolute Gasteiger partial charge is 0.0622 e. The Bertz CT molecular complexity index is 145. The van der Waals surface area contributed by atoms with Crippen LogP contribution in [0.4, 0.5) is 0 Å². The molecule has 0 amide bonds. The molecule has 13 heavy (non-hydrogen) atoms. The zero-order chi connectivity index (χ0) is 9.26. The second-order valence-electron chi connectivity index (χ2n) is 5.27. The van der Waals surface area contributed by atoms with E-state index in [-0.39, 0.29) is 0 Å². The van der Waals surface area contributed by atoms with E-state index in [4.69, 9.17) is 6.92 Å². The monoisotopic (exact) mass is 178 g/mol. The minimum Gasteiger partial charge on any atom is -0.0622 e. The lowest BCUT2D eigenvalue weighted by Crippen LogP contribution is -2.15. The van der Waals surface area contributed by atoms with Crippen molar-refractivity contribution >= 4 is 0 Å². The Morgan fingerprint density at radius 2 is 1.62 bits per heavy atom. The first kappa shape index (κ1) is 9.55. The van der Waals surface area contributed by atoms with Gasteiger partial charge in [-0.1, -0.05) is 39.0 Å². The van der Waals surface area contributed by atoms with Crippen molar-refractivity contribution < 1.29 is 0 Å². The molecule has 2 saturated carbocycles. The molecule has 0 heterocycles. The van der Waals surface area contributed by atoms with Crippen molar-refractivity contribution in [3.63, 3.8) is 0 Å². The van der Waals surface area contributed by atoms with E-state index in [0.717, 1.165) is 17.8 Å². The van der Waals surface area contributed by atoms with Crippen LogP contribution in [0.25, 0.3) is 0 Å². The second kappa shape index (κ2) is 4.02. The molecule has 0 aliphatic heterocycles. The van der Waals surface area contributed by atoms with Crippen LogP contribution in [-0.4, -0.2) is 0 Å². The highest BCUT2D eigenvalue weighted by molar-refractivity contribution is 4.86. The number of hydrogen-bond donors (Lipinski definition) is 0. The van der Waals surface area contributed by atoms with Gasteiger partial charge >= 0.3 is 0 Å². The standard InChI is InChI=1S/C13H22/c1-10-8-13(9-11(10)2)12-6-4-3-5-7-12/h1,10-13H,3-9H2,2H3. The van der Waals surface area contributed by atoms with E-state index >= 15 is 0 Å². The third-order valence-electron chi connectivity index (χ3n) is 4.30. The van der Waals surface area contributed by atoms with Gasteiger partial charge < -0.3 is 0 Å². The maximum atomic E-state index is 6.08. The number of hydrogen-bond acceptors (Lipinski definition) is 0. The molecular formula is C13H22. The van der Waals surface area contributed by atoms with Gasteiger partial charge in [-0.3, -0.25) is 0 Å². The lowest BCUT2D eigenvalue weighted by molar-refractivity contribution is 0.246. The van der Waals surface area contributed by atoms with E-state index in [1.807, 2.05) is 0 Å². The van der Waals surface area contributed by atoms with E-state index in [1.165, 1.54) is 44.9 Å². The third-order valence-corrected chi connectivity index (χ3v) is 4.30. The maximum absolute atomic E-state index is 6.08. The van der Waals surface area contributed by atoms with Crippen LogP contribution < -0.4 is 0 Å². The molecule has 2 fully saturated rings. The van der Waals surface area contributed by atoms with Crippen LogP contribution >= 0.6 is 0 Å². The lowest BCUT2D eigenvalue weighted by Gasteiger charge is -2.27. The fourth-order valence-corrected chi connectivity index (χ4v) is 3.32. The van der Waals surface area contributed by atoms with Crippen LogP contribution in [0.1, 0.15) is 51.9 Å². The van der Waals surface area contributed by atoms with Crippen molar-refractivity contribution in [3.8, 4) is 0 Å². The molecule has 0 aromatic heterocycles. The van der Waals surface area contributed by atoms with E-state index < -0.39 is 0 Å². The second-order valence-corrected chi connectivity index (χ2v) is 5.27. The molecule has 3 unspecified atom stereocenters. The smallest absolute Gasteiger partial charge is 0.0315 e. The van der Waals surface area contributed by atoms with Gasteiger partial charge in [0.25, 0.3) is 0 Å². The summed E-state index contributed by atoms with van der Waals surface area (Å²) in [6, 6.07) is 0. The van der Waals surface area contributed by atoms with Gasteiger partial charge in [0, 0.05) is 0 Å². The first-order valence-electron chi connectivity index (χ1n) is 6.03. The Morgan fingerprint density at radius 3 is 2.15 bits per heavy atom. The Balaban J connectivity index is 1.87. The topological polar surface area (TPSA) is 0 Å². The predicted molar refractivity (Wildman–Crippen MR) is 56.3 cm³/mol. The van der Waals surface area contributed by atoms with Crippen LogP contribution in [-0.2, 0) is 0 Å². The summed E-state index contributed by atoms with van der Waals surface area (Å²) in [5.74, 6) is 3.30. The van der Waals surface area contributed by atoms with Gasteiger partial charge in [-0.2, -0.15) is 0 Å². The Morgan fingerprint density at radius 1 is 0.923 bits per heavy atom. The molecule has 0 aromatic rings. The molecule has 74 valence electrons. The summed E-state index contributed by atoms with van der Waals surface area (Å²) in [5, 5.41) is 0. The Labute approximate surface area is 83.1 Å². The van der Waals surface area contributed by atoms with Gasteiger partial charge in [-0.15, -0.1) is 0 Å². The summed E-state index contributed by atoms with van der Waals surface area (Å²) in [5.41, 5.74) is 0. The van der Waals surface area contributed by atoms with Gasteiger partial charge in [0.1, 0.15) is 0 Å². The molecule has 2 aliphatic rings. The van der Waals surface area contributed by atoms with E-state index in [9.17, 15) is 0 Å². The average molecular weight is 178 g/mol. The maximum Gasteiger partial charge on any atom is -0.0315 e. The van der Waals surface area contributed by atoms with E-state index in [1.54, 1.807) is 0 Å². The highest BCUT2D eigenvalue weighted by atomic mass is 14.4. The van der Waals surface area contributed by atoms with Gasteiger partial charge in [0.2, 0.25) is 0 Å². The van der Waals surface area contributed by atoms with Gasteiger partial charge in [0.05, 0.1) is 0 Å². The molecule has 0 saturated heterocycles. The minimum atomic E-state index is 0.506. The predicted octanol–water partition coefficient (Wildman–Crippen LogP) is 3.94. The normalized spacial score (nSPS) is 42.5. The Kier molecular flexibility index (Phi) is 2.96. The van der Waals surface area contributed by atoms with Gasteiger partial charge in [-0.05, 0) is 43.4 Å². The summed E-state index contributed by atoms with van der Waals surface area (Å²) in [6.45, 7) is 8.40. The molecule has 2 rings (SSSR count). The van der Waals surface area contributed by atoms with Crippen molar-refractivity contribution in [2.24, 2.45) is 23.7 Å². The van der Waals surface area contributed by atoms with Crippen LogP contribution in [0.3, 0.4) is 0 Å². The van der Waals surface area contributed by atoms with Crippen LogP contribution in [0.2, 0.25) is 0 Å². The van der Waals surface area contributed by atoms with Crippen molar-refractivity contribution in [2.45, 2.75) is 51.9 Å². The first-order chi connectivity index (χ1) is 6.27. The van der Waals surface area contributed by atoms with E-state index in [2.05, 4.69) is 6.92 Å². The zero-order valence-electron chi connectivity index (χ0n) is 8.84. The van der Waals surface area contributed by atoms with Crippen LogP contribution in [0, 0.1) is 30.6 Å². The highest BCUT2D eigenvalue weighted by Gasteiger charge is 2.33. The SMILES string of the molecule is [CH]C1CC(C2CCCCC2)CC1C. The van der Waals surface area contributed by atoms with Crippen LogP contribution in [0.5, 0.6) is 0 Å². The van der Waals surface area contributed by atoms with Crippen LogP contribution in [0.15, 0.2) is 0 Å². The van der Waals surface area contributed by atoms with Crippen molar-refractivity contribution in [1.29, 1.82) is 0 Å². The van der Waals surface area contributed by atoms with Crippen molar-refractivity contribution in [2.75, 3.05) is 0 Å².